The molecule has 0 radical (unpaired) electrons. The summed E-state index contributed by atoms with van der Waals surface area (Å²) in [4.78, 5) is 11.8. The zero-order valence-electron chi connectivity index (χ0n) is 10.3. The van der Waals surface area contributed by atoms with Crippen LogP contribution in [0.25, 0.3) is 0 Å². The Morgan fingerprint density at radius 3 is 2.65 bits per heavy atom. The fourth-order valence-corrected chi connectivity index (χ4v) is 2.23. The molecule has 4 heteroatoms. The van der Waals surface area contributed by atoms with Gasteiger partial charge in [-0.25, -0.2) is 0 Å². The van der Waals surface area contributed by atoms with Gasteiger partial charge in [0.25, 0.3) is 0 Å². The number of nitrogens with one attached hydrogen (secondary N) is 1. The number of hydrogen-bond acceptors (Lipinski definition) is 3. The summed E-state index contributed by atoms with van der Waals surface area (Å²) >= 11 is 1.78. The van der Waals surface area contributed by atoms with Crippen molar-refractivity contribution in [2.24, 2.45) is 11.7 Å². The van der Waals surface area contributed by atoms with E-state index < -0.39 is 6.04 Å². The van der Waals surface area contributed by atoms with Gasteiger partial charge in [0.15, 0.2) is 0 Å². The van der Waals surface area contributed by atoms with Crippen molar-refractivity contribution in [3.05, 3.63) is 35.9 Å². The smallest absolute Gasteiger partial charge is 0.241 e. The first-order valence-corrected chi connectivity index (χ1v) is 7.11. The van der Waals surface area contributed by atoms with E-state index in [2.05, 4.69) is 18.5 Å². The van der Waals surface area contributed by atoms with Crippen molar-refractivity contribution in [2.75, 3.05) is 18.6 Å². The van der Waals surface area contributed by atoms with Crippen molar-refractivity contribution >= 4 is 17.7 Å². The van der Waals surface area contributed by atoms with Gasteiger partial charge in [0.05, 0.1) is 0 Å². The first-order chi connectivity index (χ1) is 8.15. The second kappa shape index (κ2) is 7.35. The maximum atomic E-state index is 11.8. The van der Waals surface area contributed by atoms with Crippen molar-refractivity contribution in [1.82, 2.24) is 5.32 Å². The summed E-state index contributed by atoms with van der Waals surface area (Å²) in [6.45, 7) is 2.80. The van der Waals surface area contributed by atoms with Crippen LogP contribution in [0.1, 0.15) is 18.5 Å². The van der Waals surface area contributed by atoms with Crippen molar-refractivity contribution in [3.63, 3.8) is 0 Å². The molecule has 0 fully saturated rings. The lowest BCUT2D eigenvalue weighted by Crippen LogP contribution is -2.36. The van der Waals surface area contributed by atoms with Gasteiger partial charge >= 0.3 is 0 Å². The Morgan fingerprint density at radius 1 is 1.41 bits per heavy atom. The minimum absolute atomic E-state index is 0.107. The van der Waals surface area contributed by atoms with Crippen LogP contribution in [0, 0.1) is 5.92 Å². The van der Waals surface area contributed by atoms with E-state index in [1.54, 1.807) is 11.8 Å². The lowest BCUT2D eigenvalue weighted by atomic mass is 10.1. The molecular weight excluding hydrogens is 232 g/mol. The molecule has 1 aromatic rings. The highest BCUT2D eigenvalue weighted by atomic mass is 32.2. The van der Waals surface area contributed by atoms with Gasteiger partial charge in [-0.2, -0.15) is 11.8 Å². The third-order valence-corrected chi connectivity index (χ3v) is 3.42. The first kappa shape index (κ1) is 14.1. The maximum absolute atomic E-state index is 11.8. The highest BCUT2D eigenvalue weighted by molar-refractivity contribution is 7.98. The number of thioether (sulfide) groups is 1. The van der Waals surface area contributed by atoms with E-state index in [0.29, 0.717) is 12.5 Å². The van der Waals surface area contributed by atoms with Gasteiger partial charge in [0.2, 0.25) is 5.91 Å². The molecule has 0 saturated carbocycles. The monoisotopic (exact) mass is 252 g/mol. The van der Waals surface area contributed by atoms with Crippen molar-refractivity contribution in [1.29, 1.82) is 0 Å². The van der Waals surface area contributed by atoms with Gasteiger partial charge in [-0.15, -0.1) is 0 Å². The Hall–Kier alpha value is -1.00. The summed E-state index contributed by atoms with van der Waals surface area (Å²) in [5.74, 6) is 1.40. The van der Waals surface area contributed by atoms with Crippen LogP contribution in [-0.2, 0) is 4.79 Å². The average molecular weight is 252 g/mol. The van der Waals surface area contributed by atoms with E-state index in [1.807, 2.05) is 30.3 Å². The highest BCUT2D eigenvalue weighted by Gasteiger charge is 2.15. The van der Waals surface area contributed by atoms with E-state index in [0.717, 1.165) is 11.3 Å². The van der Waals surface area contributed by atoms with Crippen molar-refractivity contribution < 1.29 is 4.79 Å². The molecule has 1 rings (SSSR count). The van der Waals surface area contributed by atoms with Crippen LogP contribution >= 0.6 is 11.8 Å². The zero-order chi connectivity index (χ0) is 12.7. The minimum Gasteiger partial charge on any atom is -0.354 e. The van der Waals surface area contributed by atoms with Crippen LogP contribution in [-0.4, -0.2) is 24.5 Å². The zero-order valence-corrected chi connectivity index (χ0v) is 11.2. The maximum Gasteiger partial charge on any atom is 0.241 e. The predicted octanol–water partition coefficient (Wildman–Crippen LogP) is 1.80. The summed E-state index contributed by atoms with van der Waals surface area (Å²) in [7, 11) is 0. The van der Waals surface area contributed by atoms with E-state index in [4.69, 9.17) is 5.73 Å². The molecule has 94 valence electrons. The average Bonchev–Trinajstić information content (AvgIpc) is 2.36. The van der Waals surface area contributed by atoms with Crippen molar-refractivity contribution in [3.8, 4) is 0 Å². The van der Waals surface area contributed by atoms with Gasteiger partial charge in [-0.05, 0) is 23.5 Å². The molecule has 0 spiro atoms. The molecule has 0 aliphatic carbocycles. The van der Waals surface area contributed by atoms with Crippen LogP contribution in [0.5, 0.6) is 0 Å². The van der Waals surface area contributed by atoms with E-state index >= 15 is 0 Å². The second-order valence-electron chi connectivity index (χ2n) is 4.19. The van der Waals surface area contributed by atoms with Gasteiger partial charge in [0, 0.05) is 6.54 Å². The lowest BCUT2D eigenvalue weighted by molar-refractivity contribution is -0.122. The topological polar surface area (TPSA) is 55.1 Å². The number of nitrogens with two attached hydrogens (primary N) is 1. The third-order valence-electron chi connectivity index (χ3n) is 2.52. The highest BCUT2D eigenvalue weighted by Crippen LogP contribution is 2.09. The molecule has 1 unspecified atom stereocenters. The molecule has 0 saturated heterocycles. The molecule has 1 amide bonds. The van der Waals surface area contributed by atoms with Crippen LogP contribution in [0.4, 0.5) is 0 Å². The second-order valence-corrected chi connectivity index (χ2v) is 5.10. The summed E-state index contributed by atoms with van der Waals surface area (Å²) < 4.78 is 0. The van der Waals surface area contributed by atoms with Crippen molar-refractivity contribution in [2.45, 2.75) is 13.0 Å². The molecule has 2 atom stereocenters. The summed E-state index contributed by atoms with van der Waals surface area (Å²) in [6.07, 6.45) is 2.06. The van der Waals surface area contributed by atoms with Crippen LogP contribution in [0.15, 0.2) is 30.3 Å². The number of benzene rings is 1. The molecule has 3 N–H and O–H groups in total. The molecule has 3 nitrogen and oxygen atoms in total. The lowest BCUT2D eigenvalue weighted by Gasteiger charge is -2.15. The Balaban J connectivity index is 2.43. The minimum atomic E-state index is -0.572. The Labute approximate surface area is 107 Å². The summed E-state index contributed by atoms with van der Waals surface area (Å²) in [6, 6.07) is 8.86. The van der Waals surface area contributed by atoms with Gasteiger partial charge in [-0.1, -0.05) is 37.3 Å². The fourth-order valence-electron chi connectivity index (χ4n) is 1.54. The number of hydrogen-bond donors (Lipinski definition) is 2. The molecular formula is C13H20N2OS. The quantitative estimate of drug-likeness (QED) is 0.811. The van der Waals surface area contributed by atoms with Gasteiger partial charge in [0.1, 0.15) is 6.04 Å². The summed E-state index contributed by atoms with van der Waals surface area (Å²) in [5, 5.41) is 2.89. The predicted molar refractivity (Wildman–Crippen MR) is 73.9 cm³/mol. The largest absolute Gasteiger partial charge is 0.354 e. The molecule has 17 heavy (non-hydrogen) atoms. The normalized spacial score (nSPS) is 14.1. The Bertz CT molecular complexity index is 343. The molecule has 0 bridgehead atoms. The van der Waals surface area contributed by atoms with Gasteiger partial charge < -0.3 is 11.1 Å². The molecule has 0 aliphatic rings. The Morgan fingerprint density at radius 2 is 2.06 bits per heavy atom. The van der Waals surface area contributed by atoms with Crippen LogP contribution < -0.4 is 11.1 Å². The molecule has 1 aromatic carbocycles. The Kier molecular flexibility index (Phi) is 6.08. The molecule has 0 heterocycles. The van der Waals surface area contributed by atoms with Gasteiger partial charge in [-0.3, -0.25) is 4.79 Å². The van der Waals surface area contributed by atoms with Crippen LogP contribution in [0.3, 0.4) is 0 Å². The number of rotatable bonds is 6. The fraction of sp³-hybridized carbons (Fsp3) is 0.462. The standard InChI is InChI=1S/C13H20N2OS/c1-10(9-17-2)8-15-13(16)12(14)11-6-4-3-5-7-11/h3-7,10,12H,8-9,14H2,1-2H3,(H,15,16)/t10?,12-/m1/s1. The molecule has 0 aliphatic heterocycles. The summed E-state index contributed by atoms with van der Waals surface area (Å²) in [5.41, 5.74) is 6.73. The van der Waals surface area contributed by atoms with E-state index in [-0.39, 0.29) is 5.91 Å². The SMILES string of the molecule is CSCC(C)CNC(=O)[C@H](N)c1ccccc1. The number of amides is 1. The molecule has 0 aromatic heterocycles. The third kappa shape index (κ3) is 4.79. The number of carbonyl (C=O) groups is 1. The number of carbonyl (C=O) groups excluding carboxylic acids is 1. The van der Waals surface area contributed by atoms with E-state index in [9.17, 15) is 4.79 Å². The van der Waals surface area contributed by atoms with E-state index in [1.165, 1.54) is 0 Å². The van der Waals surface area contributed by atoms with Crippen LogP contribution in [0.2, 0.25) is 0 Å². The first-order valence-electron chi connectivity index (χ1n) is 5.72.